The van der Waals surface area contributed by atoms with Crippen molar-refractivity contribution in [1.82, 2.24) is 4.90 Å². The van der Waals surface area contributed by atoms with Crippen molar-refractivity contribution in [2.45, 2.75) is 0 Å². The van der Waals surface area contributed by atoms with Crippen molar-refractivity contribution in [3.8, 4) is 0 Å². The SMILES string of the molecule is CN(C)C.[S]=[InH]. The molecule has 6 heavy (non-hydrogen) atoms. The van der Waals surface area contributed by atoms with E-state index in [1.54, 1.807) is 0 Å². The summed E-state index contributed by atoms with van der Waals surface area (Å²) in [5, 5.41) is 0. The minimum atomic E-state index is 0.733. The molecular weight excluding hydrogens is 197 g/mol. The van der Waals surface area contributed by atoms with Gasteiger partial charge in [-0.3, -0.25) is 0 Å². The van der Waals surface area contributed by atoms with Crippen LogP contribution in [0.15, 0.2) is 0 Å². The third-order valence-electron chi connectivity index (χ3n) is 0. The van der Waals surface area contributed by atoms with Gasteiger partial charge in [0, 0.05) is 0 Å². The van der Waals surface area contributed by atoms with Gasteiger partial charge in [0.25, 0.3) is 0 Å². The molecule has 0 atom stereocenters. The average molecular weight is 207 g/mol. The second-order valence-electron chi connectivity index (χ2n) is 1.34. The number of nitrogens with zero attached hydrogens (tertiary/aromatic N) is 1. The second-order valence-corrected chi connectivity index (χ2v) is 1.34. The standard InChI is InChI=1S/C3H9N.In.S.H/c1-4(2)3;;;/h1-3H3;;;. The van der Waals surface area contributed by atoms with E-state index >= 15 is 0 Å². The molecule has 0 bridgehead atoms. The molecule has 0 aliphatic carbocycles. The zero-order valence-corrected chi connectivity index (χ0v) is 9.42. The van der Waals surface area contributed by atoms with Crippen molar-refractivity contribution in [2.24, 2.45) is 0 Å². The summed E-state index contributed by atoms with van der Waals surface area (Å²) in [7, 11) is 10.3. The van der Waals surface area contributed by atoms with Crippen molar-refractivity contribution in [3.05, 3.63) is 0 Å². The molecular formula is C3H10InNS. The summed E-state index contributed by atoms with van der Waals surface area (Å²) in [6, 6.07) is 0. The van der Waals surface area contributed by atoms with E-state index in [-0.39, 0.29) is 0 Å². The van der Waals surface area contributed by atoms with Crippen molar-refractivity contribution in [1.29, 1.82) is 0 Å². The summed E-state index contributed by atoms with van der Waals surface area (Å²) < 4.78 is 0. The molecule has 0 aromatic rings. The maximum absolute atomic E-state index is 4.25. The molecule has 0 heterocycles. The van der Waals surface area contributed by atoms with Gasteiger partial charge in [0.1, 0.15) is 0 Å². The summed E-state index contributed by atoms with van der Waals surface area (Å²) in [4.78, 5) is 2.00. The predicted octanol–water partition coefficient (Wildman–Crippen LogP) is 0.177. The van der Waals surface area contributed by atoms with E-state index in [2.05, 4.69) is 8.92 Å². The van der Waals surface area contributed by atoms with Crippen LogP contribution in [0.3, 0.4) is 0 Å². The van der Waals surface area contributed by atoms with Crippen molar-refractivity contribution in [2.75, 3.05) is 21.1 Å². The van der Waals surface area contributed by atoms with Gasteiger partial charge in [0.15, 0.2) is 0 Å². The van der Waals surface area contributed by atoms with Crippen LogP contribution in [-0.4, -0.2) is 48.4 Å². The first-order valence-electron chi connectivity index (χ1n) is 1.63. The van der Waals surface area contributed by atoms with Crippen LogP contribution >= 0.6 is 8.92 Å². The van der Waals surface area contributed by atoms with Crippen LogP contribution in [0, 0.1) is 0 Å². The first-order valence-corrected chi connectivity index (χ1v) is 7.15. The van der Waals surface area contributed by atoms with Gasteiger partial charge in [-0.25, -0.2) is 0 Å². The van der Waals surface area contributed by atoms with Crippen LogP contribution < -0.4 is 0 Å². The molecule has 0 unspecified atom stereocenters. The molecule has 0 N–H and O–H groups in total. The number of hydrogen-bond acceptors (Lipinski definition) is 2. The molecule has 3 heteroatoms. The fourth-order valence-corrected chi connectivity index (χ4v) is 0. The quantitative estimate of drug-likeness (QED) is 0.557. The van der Waals surface area contributed by atoms with E-state index in [9.17, 15) is 0 Å². The number of hydrogen-bond donors (Lipinski definition) is 0. The van der Waals surface area contributed by atoms with Gasteiger partial charge in [-0.05, 0) is 21.1 Å². The van der Waals surface area contributed by atoms with Crippen molar-refractivity contribution in [3.63, 3.8) is 0 Å². The molecule has 0 aliphatic heterocycles. The van der Waals surface area contributed by atoms with Gasteiger partial charge in [-0.2, -0.15) is 0 Å². The van der Waals surface area contributed by atoms with Crippen LogP contribution in [0.5, 0.6) is 0 Å². The molecule has 0 saturated carbocycles. The first kappa shape index (κ1) is 10.1. The van der Waals surface area contributed by atoms with Crippen LogP contribution in [0.25, 0.3) is 0 Å². The van der Waals surface area contributed by atoms with E-state index < -0.39 is 0 Å². The summed E-state index contributed by atoms with van der Waals surface area (Å²) in [6.07, 6.45) is 0. The predicted molar refractivity (Wildman–Crippen MR) is 34.4 cm³/mol. The Labute approximate surface area is 57.3 Å². The van der Waals surface area contributed by atoms with Crippen LogP contribution in [0.2, 0.25) is 0 Å². The fraction of sp³-hybridized carbons (Fsp3) is 1.00. The van der Waals surface area contributed by atoms with Crippen LogP contribution in [-0.2, 0) is 0 Å². The van der Waals surface area contributed by atoms with Gasteiger partial charge in [-0.1, -0.05) is 0 Å². The zero-order valence-electron chi connectivity index (χ0n) is 4.56. The Morgan fingerprint density at radius 2 is 1.17 bits per heavy atom. The Hall–Kier alpha value is 1.05. The normalized spacial score (nSPS) is 6.50. The Bertz CT molecular complexity index is 22.0. The summed E-state index contributed by atoms with van der Waals surface area (Å²) >= 11 is 0.733. The second kappa shape index (κ2) is 9.41. The van der Waals surface area contributed by atoms with Gasteiger partial charge in [-0.15, -0.1) is 0 Å². The Kier molecular flexibility index (Phi) is 15.9. The molecule has 0 fully saturated rings. The summed E-state index contributed by atoms with van der Waals surface area (Å²) in [5.41, 5.74) is 0. The molecule has 0 spiro atoms. The topological polar surface area (TPSA) is 3.24 Å². The first-order chi connectivity index (χ1) is 2.73. The minimum absolute atomic E-state index is 0.733. The molecule has 36 valence electrons. The Morgan fingerprint density at radius 1 is 1.17 bits per heavy atom. The maximum atomic E-state index is 4.25. The van der Waals surface area contributed by atoms with Gasteiger partial charge < -0.3 is 4.90 Å². The Morgan fingerprint density at radius 3 is 1.17 bits per heavy atom. The molecule has 0 aromatic carbocycles. The molecule has 0 rings (SSSR count). The monoisotopic (exact) mass is 207 g/mol. The molecule has 0 saturated heterocycles. The fourth-order valence-electron chi connectivity index (χ4n) is 0. The van der Waals surface area contributed by atoms with E-state index in [0.717, 1.165) is 22.4 Å². The third kappa shape index (κ3) is 75.1. The third-order valence-corrected chi connectivity index (χ3v) is 0. The van der Waals surface area contributed by atoms with Crippen molar-refractivity contribution >= 4 is 31.3 Å². The van der Waals surface area contributed by atoms with Crippen LogP contribution in [0.1, 0.15) is 0 Å². The molecule has 0 amide bonds. The van der Waals surface area contributed by atoms with E-state index in [1.807, 2.05) is 26.0 Å². The average Bonchev–Trinajstić information content (AvgIpc) is 1.41. The number of rotatable bonds is 0. The molecule has 0 radical (unpaired) electrons. The zero-order chi connectivity index (χ0) is 5.58. The van der Waals surface area contributed by atoms with Crippen LogP contribution in [0.4, 0.5) is 0 Å². The van der Waals surface area contributed by atoms with E-state index in [0.29, 0.717) is 0 Å². The van der Waals surface area contributed by atoms with E-state index in [4.69, 9.17) is 0 Å². The molecule has 0 aromatic heterocycles. The molecule has 1 nitrogen and oxygen atoms in total. The van der Waals surface area contributed by atoms with E-state index in [1.165, 1.54) is 0 Å². The van der Waals surface area contributed by atoms with Gasteiger partial charge >= 0.3 is 31.3 Å². The summed E-state index contributed by atoms with van der Waals surface area (Å²) in [5.74, 6) is 0. The molecule has 0 aliphatic rings. The summed E-state index contributed by atoms with van der Waals surface area (Å²) in [6.45, 7) is 0. The van der Waals surface area contributed by atoms with Crippen molar-refractivity contribution < 1.29 is 0 Å². The Balaban J connectivity index is 0. The van der Waals surface area contributed by atoms with Gasteiger partial charge in [0.2, 0.25) is 0 Å². The van der Waals surface area contributed by atoms with Gasteiger partial charge in [0.05, 0.1) is 0 Å².